The van der Waals surface area contributed by atoms with Crippen molar-refractivity contribution in [3.63, 3.8) is 0 Å². The SMILES string of the molecule is NS(=O)(=O)Oc1ccc(Br)c(Cl)c1. The predicted molar refractivity (Wildman–Crippen MR) is 52.9 cm³/mol. The standard InChI is InChI=1S/C6H5BrClNO3S/c7-5-2-1-4(3-6(5)8)12-13(9,10)11/h1-3H,(H2,9,10,11). The van der Waals surface area contributed by atoms with E-state index in [4.69, 9.17) is 11.6 Å². The van der Waals surface area contributed by atoms with Gasteiger partial charge >= 0.3 is 10.3 Å². The Labute approximate surface area is 89.0 Å². The van der Waals surface area contributed by atoms with Crippen LogP contribution in [0.1, 0.15) is 0 Å². The molecule has 1 aromatic carbocycles. The first kappa shape index (κ1) is 10.8. The van der Waals surface area contributed by atoms with Crippen LogP contribution in [0, 0.1) is 0 Å². The average Bonchev–Trinajstić information content (AvgIpc) is 1.94. The molecule has 0 radical (unpaired) electrons. The smallest absolute Gasteiger partial charge is 0.371 e. The molecule has 0 atom stereocenters. The van der Waals surface area contributed by atoms with Gasteiger partial charge in [-0.3, -0.25) is 0 Å². The molecule has 0 aliphatic carbocycles. The second kappa shape index (κ2) is 3.83. The molecule has 7 heteroatoms. The maximum atomic E-state index is 10.5. The van der Waals surface area contributed by atoms with E-state index in [0.717, 1.165) is 0 Å². The van der Waals surface area contributed by atoms with Crippen molar-refractivity contribution in [2.24, 2.45) is 5.14 Å². The van der Waals surface area contributed by atoms with Crippen LogP contribution < -0.4 is 9.32 Å². The van der Waals surface area contributed by atoms with E-state index in [9.17, 15) is 8.42 Å². The summed E-state index contributed by atoms with van der Waals surface area (Å²) in [5.74, 6) is 0.0794. The summed E-state index contributed by atoms with van der Waals surface area (Å²) >= 11 is 8.82. The third-order valence-corrected chi connectivity index (χ3v) is 2.76. The van der Waals surface area contributed by atoms with Gasteiger partial charge in [-0.2, -0.15) is 13.6 Å². The number of hydrogen-bond donors (Lipinski definition) is 1. The minimum Gasteiger partial charge on any atom is -0.371 e. The zero-order valence-electron chi connectivity index (χ0n) is 6.20. The molecule has 0 bridgehead atoms. The molecule has 0 fully saturated rings. The van der Waals surface area contributed by atoms with Crippen LogP contribution in [0.15, 0.2) is 22.7 Å². The normalized spacial score (nSPS) is 11.3. The Morgan fingerprint density at radius 3 is 2.54 bits per heavy atom. The van der Waals surface area contributed by atoms with Gasteiger partial charge in [-0.05, 0) is 28.1 Å². The van der Waals surface area contributed by atoms with Gasteiger partial charge in [-0.15, -0.1) is 0 Å². The first-order valence-corrected chi connectivity index (χ1v) is 5.70. The van der Waals surface area contributed by atoms with Crippen molar-refractivity contribution in [3.8, 4) is 5.75 Å². The second-order valence-electron chi connectivity index (χ2n) is 2.15. The number of rotatable bonds is 2. The largest absolute Gasteiger partial charge is 0.380 e. The van der Waals surface area contributed by atoms with Crippen LogP contribution in [-0.2, 0) is 10.3 Å². The maximum absolute atomic E-state index is 10.5. The van der Waals surface area contributed by atoms with Gasteiger partial charge in [0.2, 0.25) is 0 Å². The predicted octanol–water partition coefficient (Wildman–Crippen LogP) is 1.68. The van der Waals surface area contributed by atoms with Crippen LogP contribution >= 0.6 is 27.5 Å². The summed E-state index contributed by atoms with van der Waals surface area (Å²) in [6.45, 7) is 0. The summed E-state index contributed by atoms with van der Waals surface area (Å²) < 4.78 is 26.0. The first-order valence-electron chi connectivity index (χ1n) is 3.06. The monoisotopic (exact) mass is 285 g/mol. The maximum Gasteiger partial charge on any atom is 0.380 e. The molecule has 0 spiro atoms. The van der Waals surface area contributed by atoms with E-state index in [1.807, 2.05) is 0 Å². The molecule has 1 rings (SSSR count). The average molecular weight is 287 g/mol. The van der Waals surface area contributed by atoms with Gasteiger partial charge < -0.3 is 4.18 Å². The fraction of sp³-hybridized carbons (Fsp3) is 0. The van der Waals surface area contributed by atoms with Crippen molar-refractivity contribution in [2.45, 2.75) is 0 Å². The van der Waals surface area contributed by atoms with Crippen LogP contribution in [0.25, 0.3) is 0 Å². The van der Waals surface area contributed by atoms with E-state index < -0.39 is 10.3 Å². The van der Waals surface area contributed by atoms with Gasteiger partial charge in [-0.25, -0.2) is 0 Å². The van der Waals surface area contributed by atoms with Crippen LogP contribution in [0.2, 0.25) is 5.02 Å². The van der Waals surface area contributed by atoms with Gasteiger partial charge in [0, 0.05) is 10.5 Å². The third kappa shape index (κ3) is 3.51. The summed E-state index contributed by atoms with van der Waals surface area (Å²) in [6, 6.07) is 4.33. The van der Waals surface area contributed by atoms with Crippen LogP contribution in [0.3, 0.4) is 0 Å². The van der Waals surface area contributed by atoms with Crippen LogP contribution in [-0.4, -0.2) is 8.42 Å². The zero-order valence-corrected chi connectivity index (χ0v) is 9.36. The number of hydrogen-bond acceptors (Lipinski definition) is 3. The molecule has 0 heterocycles. The molecule has 2 N–H and O–H groups in total. The Morgan fingerprint density at radius 2 is 2.08 bits per heavy atom. The Morgan fingerprint density at radius 1 is 1.46 bits per heavy atom. The highest BCUT2D eigenvalue weighted by atomic mass is 79.9. The molecule has 0 aliphatic rings. The lowest BCUT2D eigenvalue weighted by Gasteiger charge is -2.02. The summed E-state index contributed by atoms with van der Waals surface area (Å²) in [6.07, 6.45) is 0. The highest BCUT2D eigenvalue weighted by Crippen LogP contribution is 2.26. The van der Waals surface area contributed by atoms with E-state index >= 15 is 0 Å². The van der Waals surface area contributed by atoms with E-state index in [1.54, 1.807) is 6.07 Å². The first-order chi connectivity index (χ1) is 5.88. The minimum absolute atomic E-state index is 0.0794. The van der Waals surface area contributed by atoms with E-state index in [1.165, 1.54) is 12.1 Å². The Kier molecular flexibility index (Phi) is 3.18. The summed E-state index contributed by atoms with van der Waals surface area (Å²) in [5, 5.41) is 5.00. The van der Waals surface area contributed by atoms with Crippen LogP contribution in [0.5, 0.6) is 5.75 Å². The molecule has 0 aromatic heterocycles. The molecular formula is C6H5BrClNO3S. The van der Waals surface area contributed by atoms with Gasteiger partial charge in [-0.1, -0.05) is 11.6 Å². The number of benzene rings is 1. The number of halogens is 2. The molecule has 0 unspecified atom stereocenters. The van der Waals surface area contributed by atoms with E-state index in [0.29, 0.717) is 9.50 Å². The molecule has 4 nitrogen and oxygen atoms in total. The fourth-order valence-corrected chi connectivity index (χ4v) is 1.45. The molecule has 72 valence electrons. The summed E-state index contributed by atoms with van der Waals surface area (Å²) in [5.41, 5.74) is 0. The molecular weight excluding hydrogens is 281 g/mol. The summed E-state index contributed by atoms with van der Waals surface area (Å²) in [4.78, 5) is 0. The number of nitrogens with two attached hydrogens (primary N) is 1. The lowest BCUT2D eigenvalue weighted by Crippen LogP contribution is -2.18. The van der Waals surface area contributed by atoms with E-state index in [-0.39, 0.29) is 5.75 Å². The van der Waals surface area contributed by atoms with Crippen molar-refractivity contribution in [1.29, 1.82) is 0 Å². The van der Waals surface area contributed by atoms with Crippen molar-refractivity contribution in [2.75, 3.05) is 0 Å². The summed E-state index contributed by atoms with van der Waals surface area (Å²) in [7, 11) is -3.98. The van der Waals surface area contributed by atoms with Crippen molar-refractivity contribution in [3.05, 3.63) is 27.7 Å². The third-order valence-electron chi connectivity index (χ3n) is 1.10. The highest BCUT2D eigenvalue weighted by molar-refractivity contribution is 9.10. The van der Waals surface area contributed by atoms with Crippen molar-refractivity contribution in [1.82, 2.24) is 0 Å². The Bertz CT molecular complexity index is 420. The van der Waals surface area contributed by atoms with Crippen molar-refractivity contribution < 1.29 is 12.6 Å². The van der Waals surface area contributed by atoms with Gasteiger partial charge in [0.15, 0.2) is 0 Å². The molecule has 13 heavy (non-hydrogen) atoms. The quantitative estimate of drug-likeness (QED) is 0.899. The Hall–Kier alpha value is -0.300. The van der Waals surface area contributed by atoms with Gasteiger partial charge in [0.1, 0.15) is 5.75 Å². The van der Waals surface area contributed by atoms with Crippen LogP contribution in [0.4, 0.5) is 0 Å². The van der Waals surface area contributed by atoms with Gasteiger partial charge in [0.05, 0.1) is 5.02 Å². The minimum atomic E-state index is -3.98. The van der Waals surface area contributed by atoms with Crippen molar-refractivity contribution >= 4 is 37.8 Å². The second-order valence-corrected chi connectivity index (χ2v) is 4.57. The molecule has 0 saturated carbocycles. The Balaban J connectivity index is 2.99. The topological polar surface area (TPSA) is 69.4 Å². The van der Waals surface area contributed by atoms with E-state index in [2.05, 4.69) is 25.3 Å². The zero-order chi connectivity index (χ0) is 10.1. The highest BCUT2D eigenvalue weighted by Gasteiger charge is 2.06. The molecule has 1 aromatic rings. The molecule has 0 amide bonds. The van der Waals surface area contributed by atoms with Gasteiger partial charge in [0.25, 0.3) is 0 Å². The lowest BCUT2D eigenvalue weighted by atomic mass is 10.3. The fourth-order valence-electron chi connectivity index (χ4n) is 0.663. The molecule has 0 aliphatic heterocycles. The molecule has 0 saturated heterocycles. The lowest BCUT2D eigenvalue weighted by molar-refractivity contribution is 0.488.